The lowest BCUT2D eigenvalue weighted by Crippen LogP contribution is -2.18. The number of pyridine rings is 1. The standard InChI is InChI=1S/C28H31N5O3/c1-35-25-13-11-20(17-26(25)36-2)24-10-6-4-3-5-9-21-18-23(31-33(21)24)28(34)30-27-14-12-22(19-29-27)32-15-7-8-16-32/h4,6,10-14,17-19H,3,5,7-9,15-16H2,1-2H3,(H,29,30,34)/b6-4-,24-10-. The molecule has 1 amide bonds. The van der Waals surface area contributed by atoms with Gasteiger partial charge in [0, 0.05) is 24.3 Å². The Kier molecular flexibility index (Phi) is 7.02. The highest BCUT2D eigenvalue weighted by molar-refractivity contribution is 6.02. The number of allylic oxidation sites excluding steroid dienone is 3. The summed E-state index contributed by atoms with van der Waals surface area (Å²) < 4.78 is 12.8. The second-order valence-electron chi connectivity index (χ2n) is 8.92. The molecule has 0 spiro atoms. The van der Waals surface area contributed by atoms with Gasteiger partial charge in [0.2, 0.25) is 0 Å². The molecular weight excluding hydrogens is 454 g/mol. The van der Waals surface area contributed by atoms with Gasteiger partial charge in [0.1, 0.15) is 5.82 Å². The van der Waals surface area contributed by atoms with Gasteiger partial charge in [-0.3, -0.25) is 4.79 Å². The third kappa shape index (κ3) is 4.98. The van der Waals surface area contributed by atoms with Crippen LogP contribution in [0.5, 0.6) is 11.5 Å². The lowest BCUT2D eigenvalue weighted by molar-refractivity contribution is 0.102. The second-order valence-corrected chi connectivity index (χ2v) is 8.92. The molecule has 8 heteroatoms. The zero-order chi connectivity index (χ0) is 24.9. The number of amides is 1. The van der Waals surface area contributed by atoms with Crippen LogP contribution in [-0.4, -0.2) is 48.0 Å². The number of aryl methyl sites for hydroxylation is 1. The summed E-state index contributed by atoms with van der Waals surface area (Å²) in [6, 6.07) is 11.5. The van der Waals surface area contributed by atoms with E-state index in [-0.39, 0.29) is 5.91 Å². The molecule has 0 radical (unpaired) electrons. The molecule has 2 aliphatic heterocycles. The van der Waals surface area contributed by atoms with Gasteiger partial charge in [0.25, 0.3) is 5.91 Å². The van der Waals surface area contributed by atoms with Crippen LogP contribution in [0.15, 0.2) is 60.8 Å². The number of aromatic nitrogens is 3. The van der Waals surface area contributed by atoms with Crippen molar-refractivity contribution in [2.45, 2.75) is 32.1 Å². The minimum absolute atomic E-state index is 0.282. The van der Waals surface area contributed by atoms with Crippen molar-refractivity contribution in [2.24, 2.45) is 0 Å². The number of hydrogen-bond acceptors (Lipinski definition) is 6. The predicted molar refractivity (Wildman–Crippen MR) is 141 cm³/mol. The summed E-state index contributed by atoms with van der Waals surface area (Å²) in [6.07, 6.45) is 13.2. The number of anilines is 2. The molecule has 2 aromatic heterocycles. The van der Waals surface area contributed by atoms with Crippen molar-refractivity contribution < 1.29 is 14.3 Å². The number of carbonyl (C=O) groups is 1. The molecule has 4 heterocycles. The molecule has 0 bridgehead atoms. The molecule has 1 saturated heterocycles. The van der Waals surface area contributed by atoms with Crippen molar-refractivity contribution >= 4 is 23.1 Å². The molecule has 2 aliphatic rings. The van der Waals surface area contributed by atoms with Crippen LogP contribution in [0.1, 0.15) is 47.4 Å². The fourth-order valence-corrected chi connectivity index (χ4v) is 4.66. The lowest BCUT2D eigenvalue weighted by atomic mass is 10.1. The van der Waals surface area contributed by atoms with E-state index >= 15 is 0 Å². The first-order valence-electron chi connectivity index (χ1n) is 12.4. The third-order valence-corrected chi connectivity index (χ3v) is 6.58. The van der Waals surface area contributed by atoms with Gasteiger partial charge in [-0.05, 0) is 74.6 Å². The topological polar surface area (TPSA) is 81.5 Å². The Morgan fingerprint density at radius 3 is 2.58 bits per heavy atom. The number of rotatable bonds is 6. The van der Waals surface area contributed by atoms with Crippen molar-refractivity contribution in [1.29, 1.82) is 0 Å². The van der Waals surface area contributed by atoms with Crippen LogP contribution in [0.4, 0.5) is 11.5 Å². The Bertz CT molecular complexity index is 1290. The molecule has 5 rings (SSSR count). The van der Waals surface area contributed by atoms with Gasteiger partial charge in [-0.2, -0.15) is 5.10 Å². The van der Waals surface area contributed by atoms with Crippen molar-refractivity contribution in [3.05, 3.63) is 77.8 Å². The number of fused-ring (bicyclic) bond motifs is 1. The van der Waals surface area contributed by atoms with Crippen LogP contribution >= 0.6 is 0 Å². The van der Waals surface area contributed by atoms with Gasteiger partial charge in [-0.25, -0.2) is 9.67 Å². The Hall–Kier alpha value is -4.07. The van der Waals surface area contributed by atoms with E-state index in [1.165, 1.54) is 12.8 Å². The van der Waals surface area contributed by atoms with E-state index in [0.717, 1.165) is 55.0 Å². The molecule has 1 aromatic carbocycles. The fraction of sp³-hybridized carbons (Fsp3) is 0.321. The monoisotopic (exact) mass is 485 g/mol. The van der Waals surface area contributed by atoms with Gasteiger partial charge in [-0.15, -0.1) is 0 Å². The summed E-state index contributed by atoms with van der Waals surface area (Å²) in [4.78, 5) is 19.9. The van der Waals surface area contributed by atoms with Crippen LogP contribution in [0.3, 0.4) is 0 Å². The first-order chi connectivity index (χ1) is 17.7. The van der Waals surface area contributed by atoms with Crippen LogP contribution in [-0.2, 0) is 6.42 Å². The summed E-state index contributed by atoms with van der Waals surface area (Å²) in [5.41, 5.74) is 4.18. The second kappa shape index (κ2) is 10.7. The molecule has 0 saturated carbocycles. The van der Waals surface area contributed by atoms with Gasteiger partial charge in [0.05, 0.1) is 31.8 Å². The van der Waals surface area contributed by atoms with Gasteiger partial charge in [-0.1, -0.05) is 12.2 Å². The predicted octanol–water partition coefficient (Wildman–Crippen LogP) is 4.93. The first-order valence-corrected chi connectivity index (χ1v) is 12.4. The SMILES string of the molecule is COc1ccc(/C2=C/C=C\CCCc3cc(C(=O)Nc4ccc(N5CCCC5)cn4)nn32)cc1OC. The average Bonchev–Trinajstić information content (AvgIpc) is 3.60. The molecule has 1 fully saturated rings. The van der Waals surface area contributed by atoms with Crippen LogP contribution in [0.25, 0.3) is 5.70 Å². The fourth-order valence-electron chi connectivity index (χ4n) is 4.66. The van der Waals surface area contributed by atoms with Crippen molar-refractivity contribution in [3.8, 4) is 11.5 Å². The smallest absolute Gasteiger partial charge is 0.277 e. The minimum atomic E-state index is -0.282. The molecule has 1 N–H and O–H groups in total. The molecule has 8 nitrogen and oxygen atoms in total. The summed E-state index contributed by atoms with van der Waals surface area (Å²) in [5.74, 6) is 1.52. The molecule has 3 aromatic rings. The van der Waals surface area contributed by atoms with E-state index in [9.17, 15) is 4.79 Å². The molecule has 186 valence electrons. The first kappa shape index (κ1) is 23.7. The highest BCUT2D eigenvalue weighted by atomic mass is 16.5. The Morgan fingerprint density at radius 2 is 1.83 bits per heavy atom. The maximum absolute atomic E-state index is 13.1. The van der Waals surface area contributed by atoms with E-state index < -0.39 is 0 Å². The number of carbonyl (C=O) groups excluding carboxylic acids is 1. The van der Waals surface area contributed by atoms with Gasteiger partial charge < -0.3 is 19.7 Å². The highest BCUT2D eigenvalue weighted by Gasteiger charge is 2.20. The molecule has 0 atom stereocenters. The van der Waals surface area contributed by atoms with Crippen molar-refractivity contribution in [1.82, 2.24) is 14.8 Å². The van der Waals surface area contributed by atoms with Gasteiger partial charge in [0.15, 0.2) is 17.2 Å². The normalized spacial score (nSPS) is 17.7. The summed E-state index contributed by atoms with van der Waals surface area (Å²) in [6.45, 7) is 2.11. The van der Waals surface area contributed by atoms with Crippen molar-refractivity contribution in [3.63, 3.8) is 0 Å². The Labute approximate surface area is 211 Å². The van der Waals surface area contributed by atoms with Crippen LogP contribution in [0.2, 0.25) is 0 Å². The Balaban J connectivity index is 1.42. The minimum Gasteiger partial charge on any atom is -0.493 e. The third-order valence-electron chi connectivity index (χ3n) is 6.58. The summed E-state index contributed by atoms with van der Waals surface area (Å²) in [7, 11) is 3.23. The number of hydrogen-bond donors (Lipinski definition) is 1. The van der Waals surface area contributed by atoms with Crippen LogP contribution < -0.4 is 19.7 Å². The number of methoxy groups -OCH3 is 2. The lowest BCUT2D eigenvalue weighted by Gasteiger charge is -2.17. The van der Waals surface area contributed by atoms with Crippen LogP contribution in [0, 0.1) is 0 Å². The number of nitrogens with zero attached hydrogens (tertiary/aromatic N) is 4. The Morgan fingerprint density at radius 1 is 1.00 bits per heavy atom. The average molecular weight is 486 g/mol. The molecule has 36 heavy (non-hydrogen) atoms. The van der Waals surface area contributed by atoms with E-state index in [1.54, 1.807) is 14.2 Å². The highest BCUT2D eigenvalue weighted by Crippen LogP contribution is 2.32. The maximum Gasteiger partial charge on any atom is 0.277 e. The molecule has 0 unspecified atom stereocenters. The summed E-state index contributed by atoms with van der Waals surface area (Å²) in [5, 5.41) is 7.62. The van der Waals surface area contributed by atoms with E-state index in [1.807, 2.05) is 59.4 Å². The molecule has 0 aliphatic carbocycles. The number of benzene rings is 1. The molecular formula is C28H31N5O3. The number of nitrogens with one attached hydrogen (secondary N) is 1. The summed E-state index contributed by atoms with van der Waals surface area (Å²) >= 11 is 0. The zero-order valence-corrected chi connectivity index (χ0v) is 20.7. The quantitative estimate of drug-likeness (QED) is 0.533. The maximum atomic E-state index is 13.1. The van der Waals surface area contributed by atoms with Gasteiger partial charge >= 0.3 is 0 Å². The number of ether oxygens (including phenoxy) is 2. The van der Waals surface area contributed by atoms with Crippen molar-refractivity contribution in [2.75, 3.05) is 37.5 Å². The van der Waals surface area contributed by atoms with E-state index in [0.29, 0.717) is 23.0 Å². The zero-order valence-electron chi connectivity index (χ0n) is 20.7. The van der Waals surface area contributed by atoms with E-state index in [2.05, 4.69) is 21.3 Å². The largest absolute Gasteiger partial charge is 0.493 e. The van der Waals surface area contributed by atoms with E-state index in [4.69, 9.17) is 14.6 Å².